The quantitative estimate of drug-likeness (QED) is 0.451. The van der Waals surface area contributed by atoms with Crippen molar-refractivity contribution in [2.24, 2.45) is 0 Å². The molecule has 0 spiro atoms. The van der Waals surface area contributed by atoms with Gasteiger partial charge in [-0.2, -0.15) is 0 Å². The van der Waals surface area contributed by atoms with Crippen LogP contribution in [0.2, 0.25) is 0 Å². The van der Waals surface area contributed by atoms with E-state index in [0.29, 0.717) is 0 Å². The van der Waals surface area contributed by atoms with Crippen LogP contribution >= 0.6 is 11.8 Å². The largest absolute Gasteiger partial charge is 2.00 e. The van der Waals surface area contributed by atoms with Gasteiger partial charge in [-0.25, -0.2) is 0 Å². The molecule has 0 N–H and O–H groups in total. The Morgan fingerprint density at radius 2 is 0.941 bits per heavy atom. The zero-order chi connectivity index (χ0) is 9.80. The van der Waals surface area contributed by atoms with Crippen molar-refractivity contribution < 1.29 is 44.3 Å². The van der Waals surface area contributed by atoms with E-state index >= 15 is 0 Å². The predicted molar refractivity (Wildman–Crippen MR) is 60.9 cm³/mol. The topological polar surface area (TPSA) is 3.24 Å². The molecule has 0 saturated carbocycles. The first-order valence-corrected chi connectivity index (χ1v) is 4.78. The standard InChI is InChI=1S/C12H10ClN.2ClH.Zn/c13-14(11-7-3-1-4-8-11)12-9-5-2-6-10-12;;;/h1-10H;2*1H;/q;;;+2/p-2. The third-order valence-corrected chi connectivity index (χ3v) is 2.36. The molecule has 0 aliphatic carbocycles. The monoisotopic (exact) mass is 337 g/mol. The summed E-state index contributed by atoms with van der Waals surface area (Å²) in [4.78, 5) is 0. The van der Waals surface area contributed by atoms with Gasteiger partial charge < -0.3 is 24.8 Å². The van der Waals surface area contributed by atoms with Crippen molar-refractivity contribution in [1.29, 1.82) is 0 Å². The second kappa shape index (κ2) is 9.73. The van der Waals surface area contributed by atoms with Gasteiger partial charge in [0.1, 0.15) is 0 Å². The minimum Gasteiger partial charge on any atom is -1.00 e. The van der Waals surface area contributed by atoms with Crippen molar-refractivity contribution in [1.82, 2.24) is 0 Å². The van der Waals surface area contributed by atoms with E-state index in [2.05, 4.69) is 0 Å². The Balaban J connectivity index is 0. The van der Waals surface area contributed by atoms with Crippen molar-refractivity contribution in [3.05, 3.63) is 60.7 Å². The fraction of sp³-hybridized carbons (Fsp3) is 0. The molecule has 0 aromatic heterocycles. The molecule has 86 valence electrons. The van der Waals surface area contributed by atoms with Crippen LogP contribution in [0.5, 0.6) is 0 Å². The van der Waals surface area contributed by atoms with Gasteiger partial charge in [-0.15, -0.1) is 0 Å². The van der Waals surface area contributed by atoms with Gasteiger partial charge in [-0.1, -0.05) is 36.4 Å². The molecule has 0 atom stereocenters. The van der Waals surface area contributed by atoms with Gasteiger partial charge in [0.25, 0.3) is 0 Å². The molecule has 0 heterocycles. The van der Waals surface area contributed by atoms with E-state index in [1.807, 2.05) is 60.7 Å². The molecule has 0 unspecified atom stereocenters. The van der Waals surface area contributed by atoms with E-state index in [9.17, 15) is 0 Å². The Bertz CT molecular complexity index is 358. The summed E-state index contributed by atoms with van der Waals surface area (Å²) < 4.78 is 1.64. The molecule has 5 heteroatoms. The Labute approximate surface area is 132 Å². The van der Waals surface area contributed by atoms with E-state index < -0.39 is 0 Å². The first-order chi connectivity index (χ1) is 6.88. The number of benzene rings is 2. The molecule has 0 fully saturated rings. The zero-order valence-corrected chi connectivity index (χ0v) is 14.3. The normalized spacial score (nSPS) is 8.06. The fourth-order valence-electron chi connectivity index (χ4n) is 1.27. The Morgan fingerprint density at radius 3 is 1.24 bits per heavy atom. The van der Waals surface area contributed by atoms with Crippen LogP contribution in [0.4, 0.5) is 11.4 Å². The summed E-state index contributed by atoms with van der Waals surface area (Å²) in [6.07, 6.45) is 0. The van der Waals surface area contributed by atoms with Crippen LogP contribution in [0, 0.1) is 0 Å². The van der Waals surface area contributed by atoms with Crippen LogP contribution < -0.4 is 29.2 Å². The number of hydrogen-bond donors (Lipinski definition) is 0. The summed E-state index contributed by atoms with van der Waals surface area (Å²) in [7, 11) is 0. The zero-order valence-electron chi connectivity index (χ0n) is 9.06. The molecule has 0 aliphatic rings. The third-order valence-electron chi connectivity index (χ3n) is 1.97. The summed E-state index contributed by atoms with van der Waals surface area (Å²) >= 11 is 6.16. The number of nitrogens with zero attached hydrogens (tertiary/aromatic N) is 1. The first kappa shape index (κ1) is 19.1. The fourth-order valence-corrected chi connectivity index (χ4v) is 1.49. The average molecular weight is 340 g/mol. The maximum absolute atomic E-state index is 6.16. The molecule has 0 saturated heterocycles. The average Bonchev–Trinajstić information content (AvgIpc) is 2.30. The number of anilines is 2. The summed E-state index contributed by atoms with van der Waals surface area (Å²) in [5.41, 5.74) is 1.95. The van der Waals surface area contributed by atoms with Crippen molar-refractivity contribution in [2.75, 3.05) is 4.42 Å². The number of halogens is 3. The van der Waals surface area contributed by atoms with Crippen molar-refractivity contribution in [3.63, 3.8) is 0 Å². The minimum absolute atomic E-state index is 0. The second-order valence-electron chi connectivity index (χ2n) is 2.95. The van der Waals surface area contributed by atoms with Crippen LogP contribution in [-0.2, 0) is 19.5 Å². The molecular formula is C12H10Cl3NZn. The van der Waals surface area contributed by atoms with Gasteiger partial charge in [0.15, 0.2) is 0 Å². The molecule has 1 nitrogen and oxygen atoms in total. The van der Waals surface area contributed by atoms with Crippen molar-refractivity contribution in [3.8, 4) is 0 Å². The number of para-hydroxylation sites is 2. The van der Waals surface area contributed by atoms with E-state index in [4.69, 9.17) is 11.8 Å². The van der Waals surface area contributed by atoms with Crippen molar-refractivity contribution >= 4 is 23.2 Å². The molecule has 2 aromatic rings. The van der Waals surface area contributed by atoms with E-state index in [1.165, 1.54) is 0 Å². The van der Waals surface area contributed by atoms with E-state index in [-0.39, 0.29) is 44.3 Å². The van der Waals surface area contributed by atoms with Gasteiger partial charge in [-0.05, 0) is 24.3 Å². The van der Waals surface area contributed by atoms with Gasteiger partial charge in [0.2, 0.25) is 0 Å². The molecule has 0 bridgehead atoms. The molecule has 0 aliphatic heterocycles. The Kier molecular flexibility index (Phi) is 10.9. The van der Waals surface area contributed by atoms with Crippen LogP contribution in [0.1, 0.15) is 0 Å². The predicted octanol–water partition coefficient (Wildman–Crippen LogP) is -2.02. The van der Waals surface area contributed by atoms with Gasteiger partial charge >= 0.3 is 19.5 Å². The molecule has 2 rings (SSSR count). The molecular weight excluding hydrogens is 330 g/mol. The van der Waals surface area contributed by atoms with Crippen LogP contribution in [0.25, 0.3) is 0 Å². The summed E-state index contributed by atoms with van der Waals surface area (Å²) in [6.45, 7) is 0. The van der Waals surface area contributed by atoms with Crippen LogP contribution in [0.3, 0.4) is 0 Å². The first-order valence-electron chi connectivity index (χ1n) is 4.44. The van der Waals surface area contributed by atoms with E-state index in [0.717, 1.165) is 11.4 Å². The van der Waals surface area contributed by atoms with Gasteiger partial charge in [0.05, 0.1) is 11.4 Å². The van der Waals surface area contributed by atoms with Gasteiger partial charge in [0, 0.05) is 11.8 Å². The van der Waals surface area contributed by atoms with Crippen molar-refractivity contribution in [2.45, 2.75) is 0 Å². The molecule has 2 aromatic carbocycles. The maximum Gasteiger partial charge on any atom is 2.00 e. The SMILES string of the molecule is ClN(c1ccccc1)c1ccccc1.[Cl-].[Cl-].[Zn+2]. The van der Waals surface area contributed by atoms with E-state index in [1.54, 1.807) is 4.42 Å². The Hall–Kier alpha value is -0.267. The number of rotatable bonds is 2. The Morgan fingerprint density at radius 1 is 0.647 bits per heavy atom. The summed E-state index contributed by atoms with van der Waals surface area (Å²) in [6, 6.07) is 19.7. The summed E-state index contributed by atoms with van der Waals surface area (Å²) in [5, 5.41) is 0. The third kappa shape index (κ3) is 5.27. The molecule has 0 radical (unpaired) electrons. The number of hydrogen-bond acceptors (Lipinski definition) is 1. The smallest absolute Gasteiger partial charge is 1.00 e. The summed E-state index contributed by atoms with van der Waals surface area (Å²) in [5.74, 6) is 0. The maximum atomic E-state index is 6.16. The molecule has 17 heavy (non-hydrogen) atoms. The van der Waals surface area contributed by atoms with Gasteiger partial charge in [-0.3, -0.25) is 4.42 Å². The minimum atomic E-state index is 0. The second-order valence-corrected chi connectivity index (χ2v) is 3.29. The van der Waals surface area contributed by atoms with Crippen LogP contribution in [-0.4, -0.2) is 0 Å². The molecule has 0 amide bonds. The van der Waals surface area contributed by atoms with Crippen LogP contribution in [0.15, 0.2) is 60.7 Å².